The van der Waals surface area contributed by atoms with Crippen molar-refractivity contribution in [3.05, 3.63) is 23.2 Å². The third-order valence-electron chi connectivity index (χ3n) is 3.94. The van der Waals surface area contributed by atoms with Gasteiger partial charge in [0.15, 0.2) is 0 Å². The Morgan fingerprint density at radius 3 is 2.86 bits per heavy atom. The number of halogens is 1. The molecule has 4 N–H and O–H groups in total. The molecule has 0 heterocycles. The van der Waals surface area contributed by atoms with Gasteiger partial charge in [-0.15, -0.1) is 0 Å². The summed E-state index contributed by atoms with van der Waals surface area (Å²) in [6.45, 7) is 0.226. The lowest BCUT2D eigenvalue weighted by atomic mass is 9.91. The van der Waals surface area contributed by atoms with Crippen molar-refractivity contribution in [3.8, 4) is 0 Å². The normalized spacial score (nSPS) is 22.3. The topological polar surface area (TPSA) is 78.6 Å². The zero-order chi connectivity index (χ0) is 15.4. The number of aliphatic hydroxyl groups is 1. The van der Waals surface area contributed by atoms with Crippen molar-refractivity contribution in [3.63, 3.8) is 0 Å². The first kappa shape index (κ1) is 16.1. The monoisotopic (exact) mass is 311 g/mol. The van der Waals surface area contributed by atoms with Gasteiger partial charge in [-0.1, -0.05) is 24.4 Å². The number of likely N-dealkylation sites (N-methyl/N-ethyl adjacent to an activating group) is 1. The molecule has 1 fully saturated rings. The Labute approximate surface area is 130 Å². The first-order chi connectivity index (χ1) is 9.97. The summed E-state index contributed by atoms with van der Waals surface area (Å²) in [4.78, 5) is 14.0. The average molecular weight is 312 g/mol. The first-order valence-electron chi connectivity index (χ1n) is 7.20. The molecule has 21 heavy (non-hydrogen) atoms. The van der Waals surface area contributed by atoms with Crippen molar-refractivity contribution < 1.29 is 9.90 Å². The van der Waals surface area contributed by atoms with Gasteiger partial charge in [0.05, 0.1) is 24.0 Å². The van der Waals surface area contributed by atoms with E-state index in [1.165, 1.54) is 0 Å². The molecule has 5 nitrogen and oxygen atoms in total. The van der Waals surface area contributed by atoms with Gasteiger partial charge >= 0.3 is 0 Å². The van der Waals surface area contributed by atoms with Crippen LogP contribution >= 0.6 is 11.6 Å². The highest BCUT2D eigenvalue weighted by Crippen LogP contribution is 2.24. The summed E-state index contributed by atoms with van der Waals surface area (Å²) in [5.41, 5.74) is 6.81. The molecule has 1 amide bonds. The van der Waals surface area contributed by atoms with E-state index >= 15 is 0 Å². The molecule has 6 heteroatoms. The van der Waals surface area contributed by atoms with E-state index in [0.29, 0.717) is 16.4 Å². The predicted octanol–water partition coefficient (Wildman–Crippen LogP) is 2.10. The maximum atomic E-state index is 12.1. The number of amides is 1. The lowest BCUT2D eigenvalue weighted by Crippen LogP contribution is -2.46. The van der Waals surface area contributed by atoms with Crippen molar-refractivity contribution in [2.45, 2.75) is 37.8 Å². The Balaban J connectivity index is 1.91. The van der Waals surface area contributed by atoms with Crippen LogP contribution in [-0.2, 0) is 4.79 Å². The molecule has 0 spiro atoms. The molecule has 1 aliphatic rings. The van der Waals surface area contributed by atoms with Gasteiger partial charge in [-0.05, 0) is 38.1 Å². The van der Waals surface area contributed by atoms with Gasteiger partial charge in [0.2, 0.25) is 5.91 Å². The fraction of sp³-hybridized carbons (Fsp3) is 0.533. The minimum Gasteiger partial charge on any atom is -0.397 e. The molecular weight excluding hydrogens is 290 g/mol. The molecule has 2 rings (SSSR count). The maximum absolute atomic E-state index is 12.1. The number of carbonyl (C=O) groups is 1. The number of aliphatic hydroxyl groups excluding tert-OH is 1. The zero-order valence-corrected chi connectivity index (χ0v) is 12.9. The highest BCUT2D eigenvalue weighted by Gasteiger charge is 2.27. The molecular formula is C15H22ClN3O2. The van der Waals surface area contributed by atoms with Gasteiger partial charge in [0.25, 0.3) is 0 Å². The highest BCUT2D eigenvalue weighted by atomic mass is 35.5. The van der Waals surface area contributed by atoms with Crippen molar-refractivity contribution >= 4 is 28.9 Å². The Kier molecular flexibility index (Phi) is 5.45. The maximum Gasteiger partial charge on any atom is 0.238 e. The Hall–Kier alpha value is -1.30. The van der Waals surface area contributed by atoms with Gasteiger partial charge in [0.1, 0.15) is 0 Å². The number of nitrogens with two attached hydrogens (primary N) is 1. The molecule has 1 aromatic rings. The number of anilines is 2. The van der Waals surface area contributed by atoms with Crippen LogP contribution in [0.1, 0.15) is 25.7 Å². The van der Waals surface area contributed by atoms with E-state index in [1.807, 2.05) is 11.9 Å². The van der Waals surface area contributed by atoms with Crippen LogP contribution in [0.4, 0.5) is 11.4 Å². The summed E-state index contributed by atoms with van der Waals surface area (Å²) in [5.74, 6) is -0.149. The molecule has 0 aromatic heterocycles. The van der Waals surface area contributed by atoms with Crippen LogP contribution in [0.5, 0.6) is 0 Å². The number of nitrogens with one attached hydrogen (secondary N) is 1. The van der Waals surface area contributed by atoms with Crippen LogP contribution in [0.3, 0.4) is 0 Å². The molecule has 2 unspecified atom stereocenters. The minimum absolute atomic E-state index is 0.0482. The summed E-state index contributed by atoms with van der Waals surface area (Å²) >= 11 is 5.83. The fourth-order valence-electron chi connectivity index (χ4n) is 2.79. The first-order valence-corrected chi connectivity index (χ1v) is 7.58. The van der Waals surface area contributed by atoms with E-state index in [-0.39, 0.29) is 24.6 Å². The second-order valence-corrected chi connectivity index (χ2v) is 6.05. The molecule has 2 atom stereocenters. The molecule has 0 radical (unpaired) electrons. The van der Waals surface area contributed by atoms with E-state index in [2.05, 4.69) is 5.32 Å². The Morgan fingerprint density at radius 2 is 2.19 bits per heavy atom. The molecule has 1 aliphatic carbocycles. The molecule has 116 valence electrons. The second-order valence-electron chi connectivity index (χ2n) is 5.61. The molecule has 0 saturated heterocycles. The predicted molar refractivity (Wildman–Crippen MR) is 85.4 cm³/mol. The number of nitrogens with zero attached hydrogens (tertiary/aromatic N) is 1. The van der Waals surface area contributed by atoms with Crippen LogP contribution in [0.15, 0.2) is 18.2 Å². The van der Waals surface area contributed by atoms with Crippen LogP contribution in [0, 0.1) is 0 Å². The molecule has 0 aliphatic heterocycles. The summed E-state index contributed by atoms with van der Waals surface area (Å²) in [7, 11) is 1.87. The Bertz CT molecular complexity index is 510. The van der Waals surface area contributed by atoms with Gasteiger partial charge in [-0.3, -0.25) is 9.69 Å². The van der Waals surface area contributed by atoms with E-state index in [1.54, 1.807) is 18.2 Å². The molecule has 0 bridgehead atoms. The van der Waals surface area contributed by atoms with Crippen LogP contribution in [0.25, 0.3) is 0 Å². The van der Waals surface area contributed by atoms with Crippen molar-refractivity contribution in [2.75, 3.05) is 24.6 Å². The molecule has 1 aromatic carbocycles. The summed E-state index contributed by atoms with van der Waals surface area (Å²) < 4.78 is 0. The van der Waals surface area contributed by atoms with Crippen LogP contribution in [-0.4, -0.2) is 41.7 Å². The third kappa shape index (κ3) is 4.33. The number of benzene rings is 1. The van der Waals surface area contributed by atoms with Gasteiger partial charge in [0, 0.05) is 11.1 Å². The van der Waals surface area contributed by atoms with E-state index in [9.17, 15) is 9.90 Å². The van der Waals surface area contributed by atoms with Crippen molar-refractivity contribution in [1.29, 1.82) is 0 Å². The fourth-order valence-corrected chi connectivity index (χ4v) is 2.97. The SMILES string of the molecule is CN(CC(=O)Nc1ccc(Cl)cc1N)C1CCCCC1O. The number of hydrogen-bond acceptors (Lipinski definition) is 4. The van der Waals surface area contributed by atoms with Crippen molar-refractivity contribution in [1.82, 2.24) is 4.90 Å². The van der Waals surface area contributed by atoms with E-state index in [4.69, 9.17) is 17.3 Å². The summed E-state index contributed by atoms with van der Waals surface area (Å²) in [6, 6.07) is 5.02. The standard InChI is InChI=1S/C15H22ClN3O2/c1-19(13-4-2-3-5-14(13)20)9-15(21)18-12-7-6-10(16)8-11(12)17/h6-8,13-14,20H,2-5,9,17H2,1H3,(H,18,21). The quantitative estimate of drug-likeness (QED) is 0.744. The number of nitrogen functional groups attached to an aromatic ring is 1. The zero-order valence-electron chi connectivity index (χ0n) is 12.2. The van der Waals surface area contributed by atoms with E-state index < -0.39 is 0 Å². The minimum atomic E-state index is -0.350. The summed E-state index contributed by atoms with van der Waals surface area (Å²) in [6.07, 6.45) is 3.53. The van der Waals surface area contributed by atoms with Crippen molar-refractivity contribution in [2.24, 2.45) is 0 Å². The highest BCUT2D eigenvalue weighted by molar-refractivity contribution is 6.31. The third-order valence-corrected chi connectivity index (χ3v) is 4.18. The second kappa shape index (κ2) is 7.11. The number of carbonyl (C=O) groups excluding carboxylic acids is 1. The van der Waals surface area contributed by atoms with Gasteiger partial charge in [-0.25, -0.2) is 0 Å². The number of hydrogen-bond donors (Lipinski definition) is 3. The van der Waals surface area contributed by atoms with Crippen LogP contribution < -0.4 is 11.1 Å². The smallest absolute Gasteiger partial charge is 0.238 e. The molecule has 1 saturated carbocycles. The van der Waals surface area contributed by atoms with Gasteiger partial charge < -0.3 is 16.2 Å². The van der Waals surface area contributed by atoms with E-state index in [0.717, 1.165) is 25.7 Å². The average Bonchev–Trinajstić information content (AvgIpc) is 2.42. The van der Waals surface area contributed by atoms with Gasteiger partial charge in [-0.2, -0.15) is 0 Å². The number of rotatable bonds is 4. The van der Waals surface area contributed by atoms with Crippen LogP contribution in [0.2, 0.25) is 5.02 Å². The Morgan fingerprint density at radius 1 is 1.48 bits per heavy atom. The largest absolute Gasteiger partial charge is 0.397 e. The lowest BCUT2D eigenvalue weighted by molar-refractivity contribution is -0.118. The lowest BCUT2D eigenvalue weighted by Gasteiger charge is -2.34. The summed E-state index contributed by atoms with van der Waals surface area (Å²) in [5, 5.41) is 13.3.